The zero-order valence-corrected chi connectivity index (χ0v) is 27.0. The van der Waals surface area contributed by atoms with Gasteiger partial charge in [-0.25, -0.2) is 13.4 Å². The molecule has 11 nitrogen and oxygen atoms in total. The van der Waals surface area contributed by atoms with Crippen molar-refractivity contribution in [1.82, 2.24) is 30.2 Å². The summed E-state index contributed by atoms with van der Waals surface area (Å²) in [6.45, 7) is 11.1. The van der Waals surface area contributed by atoms with Crippen molar-refractivity contribution in [1.29, 1.82) is 0 Å². The van der Waals surface area contributed by atoms with Gasteiger partial charge in [0.15, 0.2) is 0 Å². The molecule has 0 radical (unpaired) electrons. The monoisotopic (exact) mass is 614 g/mol. The van der Waals surface area contributed by atoms with Crippen molar-refractivity contribution in [3.05, 3.63) is 59.9 Å². The van der Waals surface area contributed by atoms with Crippen LogP contribution in [0, 0.1) is 18.3 Å². The van der Waals surface area contributed by atoms with Gasteiger partial charge in [0.25, 0.3) is 0 Å². The lowest BCUT2D eigenvalue weighted by atomic mass is 9.85. The molecular formula is C31H46N6O5S. The minimum absolute atomic E-state index is 0.0325. The number of aryl methyl sites for hydroxylation is 1. The molecule has 12 heteroatoms. The Bertz CT molecular complexity index is 1480. The molecular weight excluding hydrogens is 568 g/mol. The molecule has 0 aliphatic heterocycles. The zero-order valence-electron chi connectivity index (χ0n) is 26.1. The lowest BCUT2D eigenvalue weighted by Gasteiger charge is -2.34. The van der Waals surface area contributed by atoms with E-state index in [1.165, 1.54) is 10.4 Å². The third-order valence-corrected chi connectivity index (χ3v) is 8.86. The molecule has 1 aromatic heterocycles. The minimum Gasteiger partial charge on any atom is -0.390 e. The highest BCUT2D eigenvalue weighted by molar-refractivity contribution is 7.89. The number of likely N-dealkylation sites (N-methyl/N-ethyl adjacent to an activating group) is 1. The fourth-order valence-electron chi connectivity index (χ4n) is 4.91. The predicted molar refractivity (Wildman–Crippen MR) is 168 cm³/mol. The van der Waals surface area contributed by atoms with Gasteiger partial charge in [0.1, 0.15) is 11.9 Å². The summed E-state index contributed by atoms with van der Waals surface area (Å²) in [4.78, 5) is 33.6. The summed E-state index contributed by atoms with van der Waals surface area (Å²) in [7, 11) is -2.38. The Kier molecular flexibility index (Phi) is 11.5. The molecule has 0 fully saturated rings. The Balaban J connectivity index is 1.93. The number of carbonyl (C=O) groups excluding carboxylic acids is 2. The van der Waals surface area contributed by atoms with Crippen LogP contribution in [-0.2, 0) is 26.0 Å². The zero-order chi connectivity index (χ0) is 31.9. The van der Waals surface area contributed by atoms with Crippen LogP contribution >= 0.6 is 0 Å². The number of benzene rings is 2. The van der Waals surface area contributed by atoms with Crippen LogP contribution < -0.4 is 16.0 Å². The maximum Gasteiger partial charge on any atom is 0.243 e. The van der Waals surface area contributed by atoms with Gasteiger partial charge in [0.2, 0.25) is 21.8 Å². The fraction of sp³-hybridized carbons (Fsp3) is 0.516. The molecule has 0 bridgehead atoms. The molecule has 2 amide bonds. The van der Waals surface area contributed by atoms with E-state index in [4.69, 9.17) is 0 Å². The Morgan fingerprint density at radius 1 is 1.05 bits per heavy atom. The number of amides is 2. The predicted octanol–water partition coefficient (Wildman–Crippen LogP) is 2.36. The molecule has 0 saturated heterocycles. The quantitative estimate of drug-likeness (QED) is 0.187. The largest absolute Gasteiger partial charge is 0.390 e. The maximum atomic E-state index is 13.9. The SMILES string of the molecule is CNCC(=O)N[C@H](C(=O)N[C@@H](Cc1ccccc1)C(O)CN(CC(C)C)S(=O)(=O)c1ccc2nc(C)[nH]c2c1)C(C)(C)C. The minimum atomic E-state index is -4.02. The summed E-state index contributed by atoms with van der Waals surface area (Å²) in [5.41, 5.74) is 1.49. The second-order valence-corrected chi connectivity index (χ2v) is 14.4. The van der Waals surface area contributed by atoms with Crippen LogP contribution in [0.2, 0.25) is 0 Å². The number of imidazole rings is 1. The molecule has 236 valence electrons. The number of hydrogen-bond donors (Lipinski definition) is 5. The van der Waals surface area contributed by atoms with Gasteiger partial charge in [-0.2, -0.15) is 4.31 Å². The first-order chi connectivity index (χ1) is 20.1. The van der Waals surface area contributed by atoms with Crippen molar-refractivity contribution in [3.63, 3.8) is 0 Å². The van der Waals surface area contributed by atoms with E-state index >= 15 is 0 Å². The Labute approximate surface area is 254 Å². The molecule has 43 heavy (non-hydrogen) atoms. The van der Waals surface area contributed by atoms with Crippen molar-refractivity contribution >= 4 is 32.9 Å². The van der Waals surface area contributed by atoms with E-state index in [0.717, 1.165) is 5.56 Å². The Morgan fingerprint density at radius 3 is 2.33 bits per heavy atom. The van der Waals surface area contributed by atoms with Crippen molar-refractivity contribution in [2.45, 2.75) is 71.0 Å². The second kappa shape index (κ2) is 14.4. The van der Waals surface area contributed by atoms with E-state index in [2.05, 4.69) is 25.9 Å². The van der Waals surface area contributed by atoms with Crippen LogP contribution in [0.25, 0.3) is 11.0 Å². The van der Waals surface area contributed by atoms with Gasteiger partial charge in [-0.05, 0) is 55.5 Å². The summed E-state index contributed by atoms with van der Waals surface area (Å²) in [5, 5.41) is 20.1. The van der Waals surface area contributed by atoms with E-state index in [-0.39, 0.29) is 42.8 Å². The fourth-order valence-corrected chi connectivity index (χ4v) is 6.55. The van der Waals surface area contributed by atoms with E-state index in [1.807, 2.05) is 65.0 Å². The number of hydrogen-bond acceptors (Lipinski definition) is 7. The number of aliphatic hydroxyl groups excluding tert-OH is 1. The van der Waals surface area contributed by atoms with Gasteiger partial charge in [-0.15, -0.1) is 0 Å². The number of fused-ring (bicyclic) bond motifs is 1. The molecule has 0 aliphatic carbocycles. The number of aromatic nitrogens is 2. The molecule has 0 saturated carbocycles. The third kappa shape index (κ3) is 9.33. The first kappa shape index (κ1) is 34.2. The molecule has 3 rings (SSSR count). The van der Waals surface area contributed by atoms with Crippen LogP contribution in [0.3, 0.4) is 0 Å². The number of aromatic amines is 1. The van der Waals surface area contributed by atoms with Gasteiger partial charge in [-0.3, -0.25) is 9.59 Å². The highest BCUT2D eigenvalue weighted by Crippen LogP contribution is 2.24. The van der Waals surface area contributed by atoms with Crippen molar-refractivity contribution in [2.24, 2.45) is 11.3 Å². The van der Waals surface area contributed by atoms with E-state index < -0.39 is 39.5 Å². The standard InChI is InChI=1S/C31H46N6O5S/c1-20(2)18-37(43(41,42)23-13-14-24-25(16-23)34-21(3)33-24)19-27(38)26(15-22-11-9-8-10-12-22)35-30(40)29(31(4,5)6)36-28(39)17-32-7/h8-14,16,20,26-27,29,32,38H,15,17-19H2,1-7H3,(H,33,34)(H,35,40)(H,36,39)/t26-,27?,29+/m0/s1. The number of H-pyrrole nitrogens is 1. The Morgan fingerprint density at radius 2 is 1.72 bits per heavy atom. The summed E-state index contributed by atoms with van der Waals surface area (Å²) >= 11 is 0. The van der Waals surface area contributed by atoms with Gasteiger partial charge in [-0.1, -0.05) is 65.0 Å². The number of rotatable bonds is 14. The summed E-state index contributed by atoms with van der Waals surface area (Å²) in [6, 6.07) is 12.3. The van der Waals surface area contributed by atoms with Crippen LogP contribution in [0.15, 0.2) is 53.4 Å². The van der Waals surface area contributed by atoms with Crippen molar-refractivity contribution in [3.8, 4) is 0 Å². The number of carbonyl (C=O) groups is 2. The molecule has 0 aliphatic rings. The van der Waals surface area contributed by atoms with Gasteiger partial charge < -0.3 is 26.0 Å². The van der Waals surface area contributed by atoms with Crippen LogP contribution in [0.4, 0.5) is 0 Å². The highest BCUT2D eigenvalue weighted by atomic mass is 32.2. The van der Waals surface area contributed by atoms with E-state index in [9.17, 15) is 23.1 Å². The molecule has 1 heterocycles. The van der Waals surface area contributed by atoms with E-state index in [1.54, 1.807) is 26.1 Å². The number of nitrogens with zero attached hydrogens (tertiary/aromatic N) is 2. The molecule has 0 spiro atoms. The lowest BCUT2D eigenvalue weighted by Crippen LogP contribution is -2.59. The normalized spacial score (nSPS) is 14.6. The van der Waals surface area contributed by atoms with Crippen LogP contribution in [0.5, 0.6) is 0 Å². The maximum absolute atomic E-state index is 13.9. The van der Waals surface area contributed by atoms with Gasteiger partial charge >= 0.3 is 0 Å². The van der Waals surface area contributed by atoms with E-state index in [0.29, 0.717) is 16.9 Å². The lowest BCUT2D eigenvalue weighted by molar-refractivity contribution is -0.132. The molecule has 3 aromatic rings. The van der Waals surface area contributed by atoms with Crippen LogP contribution in [0.1, 0.15) is 46.0 Å². The first-order valence-electron chi connectivity index (χ1n) is 14.5. The summed E-state index contributed by atoms with van der Waals surface area (Å²) in [6.07, 6.45) is -1.01. The number of nitrogens with one attached hydrogen (secondary N) is 4. The van der Waals surface area contributed by atoms with Gasteiger partial charge in [0, 0.05) is 13.1 Å². The highest BCUT2D eigenvalue weighted by Gasteiger charge is 2.36. The average molecular weight is 615 g/mol. The van der Waals surface area contributed by atoms with Crippen molar-refractivity contribution < 1.29 is 23.1 Å². The second-order valence-electron chi connectivity index (χ2n) is 12.5. The third-order valence-electron chi connectivity index (χ3n) is 7.03. The molecule has 5 N–H and O–H groups in total. The number of aliphatic hydroxyl groups is 1. The molecule has 3 atom stereocenters. The molecule has 1 unspecified atom stereocenters. The van der Waals surface area contributed by atoms with Crippen LogP contribution in [-0.4, -0.2) is 84.5 Å². The van der Waals surface area contributed by atoms with Crippen molar-refractivity contribution in [2.75, 3.05) is 26.7 Å². The average Bonchev–Trinajstić information content (AvgIpc) is 3.30. The summed E-state index contributed by atoms with van der Waals surface area (Å²) < 4.78 is 29.1. The van der Waals surface area contributed by atoms with Gasteiger partial charge in [0.05, 0.1) is 34.6 Å². The first-order valence-corrected chi connectivity index (χ1v) is 16.0. The topological polar surface area (TPSA) is 157 Å². The Hall–Kier alpha value is -3.32. The smallest absolute Gasteiger partial charge is 0.243 e. The number of sulfonamides is 1. The summed E-state index contributed by atoms with van der Waals surface area (Å²) in [5.74, 6) is -0.157. The molecule has 2 aromatic carbocycles.